The number of alkyl halides is 3. The number of halogens is 3. The van der Waals surface area contributed by atoms with Crippen LogP contribution < -0.4 is 10.2 Å². The summed E-state index contributed by atoms with van der Waals surface area (Å²) in [5, 5.41) is 2.93. The first-order chi connectivity index (χ1) is 13.2. The molecule has 150 valence electrons. The maximum Gasteiger partial charge on any atom is 0.433 e. The minimum atomic E-state index is -4.50. The first-order valence-electron chi connectivity index (χ1n) is 9.29. The summed E-state index contributed by atoms with van der Waals surface area (Å²) in [6, 6.07) is 8.73. The van der Waals surface area contributed by atoms with Crippen LogP contribution in [0.4, 0.5) is 24.7 Å². The Balaban J connectivity index is 1.57. The number of nitrogens with one attached hydrogen (secondary N) is 1. The van der Waals surface area contributed by atoms with Gasteiger partial charge in [0.2, 0.25) is 5.91 Å². The average molecular weight is 392 g/mol. The van der Waals surface area contributed by atoms with E-state index in [4.69, 9.17) is 0 Å². The van der Waals surface area contributed by atoms with Crippen molar-refractivity contribution >= 4 is 17.4 Å². The molecule has 1 fully saturated rings. The Morgan fingerprint density at radius 3 is 2.36 bits per heavy atom. The van der Waals surface area contributed by atoms with Crippen molar-refractivity contribution in [2.75, 3.05) is 23.3 Å². The zero-order valence-electron chi connectivity index (χ0n) is 15.8. The third-order valence-corrected chi connectivity index (χ3v) is 4.98. The van der Waals surface area contributed by atoms with Crippen LogP contribution in [-0.4, -0.2) is 29.0 Å². The van der Waals surface area contributed by atoms with E-state index in [2.05, 4.69) is 29.1 Å². The van der Waals surface area contributed by atoms with Crippen molar-refractivity contribution in [1.29, 1.82) is 0 Å². The van der Waals surface area contributed by atoms with Crippen LogP contribution in [0.1, 0.15) is 43.9 Å². The van der Waals surface area contributed by atoms with Gasteiger partial charge < -0.3 is 10.2 Å². The van der Waals surface area contributed by atoms with Crippen molar-refractivity contribution in [2.24, 2.45) is 5.92 Å². The second kappa shape index (κ2) is 8.16. The van der Waals surface area contributed by atoms with Crippen molar-refractivity contribution in [3.05, 3.63) is 47.9 Å². The molecule has 2 heterocycles. The van der Waals surface area contributed by atoms with Crippen LogP contribution in [0, 0.1) is 5.92 Å². The maximum atomic E-state index is 12.8. The largest absolute Gasteiger partial charge is 0.433 e. The summed E-state index contributed by atoms with van der Waals surface area (Å²) in [4.78, 5) is 21.5. The van der Waals surface area contributed by atoms with Gasteiger partial charge in [-0.2, -0.15) is 13.2 Å². The molecule has 1 aromatic carbocycles. The van der Waals surface area contributed by atoms with Gasteiger partial charge in [-0.3, -0.25) is 4.79 Å². The van der Waals surface area contributed by atoms with Gasteiger partial charge in [-0.15, -0.1) is 0 Å². The smallest absolute Gasteiger partial charge is 0.356 e. The quantitative estimate of drug-likeness (QED) is 0.834. The molecule has 1 N–H and O–H groups in total. The third kappa shape index (κ3) is 4.79. The Bertz CT molecular complexity index is 813. The van der Waals surface area contributed by atoms with Gasteiger partial charge in [-0.1, -0.05) is 26.0 Å². The van der Waals surface area contributed by atoms with Crippen LogP contribution in [0.3, 0.4) is 0 Å². The van der Waals surface area contributed by atoms with E-state index in [1.807, 2.05) is 24.3 Å². The van der Waals surface area contributed by atoms with Crippen molar-refractivity contribution in [3.8, 4) is 0 Å². The van der Waals surface area contributed by atoms with Crippen LogP contribution in [-0.2, 0) is 11.0 Å². The fourth-order valence-electron chi connectivity index (χ4n) is 3.24. The molecule has 0 spiro atoms. The van der Waals surface area contributed by atoms with E-state index in [0.29, 0.717) is 31.8 Å². The van der Waals surface area contributed by atoms with E-state index in [0.717, 1.165) is 18.1 Å². The van der Waals surface area contributed by atoms with Crippen LogP contribution in [0.15, 0.2) is 36.7 Å². The highest BCUT2D eigenvalue weighted by molar-refractivity contribution is 5.92. The van der Waals surface area contributed by atoms with Crippen LogP contribution >= 0.6 is 0 Å². The molecule has 1 aliphatic rings. The maximum absolute atomic E-state index is 12.8. The molecule has 28 heavy (non-hydrogen) atoms. The lowest BCUT2D eigenvalue weighted by molar-refractivity contribution is -0.141. The molecule has 1 amide bonds. The minimum Gasteiger partial charge on any atom is -0.356 e. The number of nitrogens with zero attached hydrogens (tertiary/aromatic N) is 3. The molecule has 0 unspecified atom stereocenters. The summed E-state index contributed by atoms with van der Waals surface area (Å²) in [5.41, 5.74) is 0.999. The number of amides is 1. The molecule has 0 saturated carbocycles. The van der Waals surface area contributed by atoms with Crippen molar-refractivity contribution in [3.63, 3.8) is 0 Å². The number of piperidine rings is 1. The van der Waals surface area contributed by atoms with Crippen molar-refractivity contribution < 1.29 is 18.0 Å². The van der Waals surface area contributed by atoms with E-state index >= 15 is 0 Å². The number of carbonyl (C=O) groups is 1. The highest BCUT2D eigenvalue weighted by Crippen LogP contribution is 2.30. The zero-order valence-corrected chi connectivity index (χ0v) is 15.8. The topological polar surface area (TPSA) is 58.1 Å². The highest BCUT2D eigenvalue weighted by atomic mass is 19.4. The predicted molar refractivity (Wildman–Crippen MR) is 101 cm³/mol. The average Bonchev–Trinajstić information content (AvgIpc) is 2.68. The first-order valence-corrected chi connectivity index (χ1v) is 9.29. The number of rotatable bonds is 4. The van der Waals surface area contributed by atoms with E-state index in [1.54, 1.807) is 4.90 Å². The molecule has 1 aromatic heterocycles. The lowest BCUT2D eigenvalue weighted by Crippen LogP contribution is -2.38. The summed E-state index contributed by atoms with van der Waals surface area (Å²) in [5.74, 6) is 0.430. The summed E-state index contributed by atoms with van der Waals surface area (Å²) >= 11 is 0. The molecular formula is C20H23F3N4O. The second-order valence-corrected chi connectivity index (χ2v) is 7.29. The SMILES string of the molecule is CC(C)c1ccc(NC(=O)C2CCN(c3cc(C(F)(F)F)ncn3)CC2)cc1. The Morgan fingerprint density at radius 1 is 1.14 bits per heavy atom. The molecule has 2 aromatic rings. The molecule has 3 rings (SSSR count). The summed E-state index contributed by atoms with van der Waals surface area (Å²) in [6.45, 7) is 5.16. The Hall–Kier alpha value is -2.64. The monoisotopic (exact) mass is 392 g/mol. The molecule has 0 bridgehead atoms. The van der Waals surface area contributed by atoms with Gasteiger partial charge in [0, 0.05) is 30.8 Å². The van der Waals surface area contributed by atoms with Crippen molar-refractivity contribution in [2.45, 2.75) is 38.8 Å². The normalized spacial score (nSPS) is 15.7. The number of carbonyl (C=O) groups excluding carboxylic acids is 1. The number of hydrogen-bond acceptors (Lipinski definition) is 4. The van der Waals surface area contributed by atoms with Gasteiger partial charge in [0.15, 0.2) is 0 Å². The van der Waals surface area contributed by atoms with Gasteiger partial charge in [0.05, 0.1) is 0 Å². The molecular weight excluding hydrogens is 369 g/mol. The second-order valence-electron chi connectivity index (χ2n) is 7.29. The minimum absolute atomic E-state index is 0.0596. The van der Waals surface area contributed by atoms with Crippen molar-refractivity contribution in [1.82, 2.24) is 9.97 Å². The van der Waals surface area contributed by atoms with E-state index in [-0.39, 0.29) is 17.6 Å². The molecule has 0 radical (unpaired) electrons. The van der Waals surface area contributed by atoms with Crippen LogP contribution in [0.2, 0.25) is 0 Å². The number of aromatic nitrogens is 2. The van der Waals surface area contributed by atoms with E-state index in [1.165, 1.54) is 5.56 Å². The molecule has 8 heteroatoms. The number of hydrogen-bond donors (Lipinski definition) is 1. The van der Waals surface area contributed by atoms with E-state index < -0.39 is 11.9 Å². The fourth-order valence-corrected chi connectivity index (χ4v) is 3.24. The van der Waals surface area contributed by atoms with Gasteiger partial charge in [-0.05, 0) is 36.5 Å². The van der Waals surface area contributed by atoms with Gasteiger partial charge >= 0.3 is 6.18 Å². The molecule has 5 nitrogen and oxygen atoms in total. The van der Waals surface area contributed by atoms with Crippen LogP contribution in [0.25, 0.3) is 0 Å². The molecule has 0 atom stereocenters. The van der Waals surface area contributed by atoms with Crippen LogP contribution in [0.5, 0.6) is 0 Å². The summed E-state index contributed by atoms with van der Waals surface area (Å²) < 4.78 is 38.5. The summed E-state index contributed by atoms with van der Waals surface area (Å²) in [6.07, 6.45) is -2.46. The predicted octanol–water partition coefficient (Wildman–Crippen LogP) is 4.47. The highest BCUT2D eigenvalue weighted by Gasteiger charge is 2.34. The zero-order chi connectivity index (χ0) is 20.3. The number of benzene rings is 1. The molecule has 0 aliphatic carbocycles. The molecule has 1 aliphatic heterocycles. The third-order valence-electron chi connectivity index (χ3n) is 4.98. The van der Waals surface area contributed by atoms with Gasteiger partial charge in [0.1, 0.15) is 17.8 Å². The summed E-state index contributed by atoms with van der Waals surface area (Å²) in [7, 11) is 0. The standard InChI is InChI=1S/C20H23F3N4O/c1-13(2)14-3-5-16(6-4-14)26-19(28)15-7-9-27(10-8-15)18-11-17(20(21,22)23)24-12-25-18/h3-6,11-13,15H,7-10H2,1-2H3,(H,26,28). The van der Waals surface area contributed by atoms with Gasteiger partial charge in [0.25, 0.3) is 0 Å². The fraction of sp³-hybridized carbons (Fsp3) is 0.450. The Kier molecular flexibility index (Phi) is 5.86. The molecule has 1 saturated heterocycles. The lowest BCUT2D eigenvalue weighted by atomic mass is 9.95. The van der Waals surface area contributed by atoms with E-state index in [9.17, 15) is 18.0 Å². The van der Waals surface area contributed by atoms with Gasteiger partial charge in [-0.25, -0.2) is 9.97 Å². The lowest BCUT2D eigenvalue weighted by Gasteiger charge is -2.32. The number of anilines is 2. The Morgan fingerprint density at radius 2 is 1.79 bits per heavy atom. The first kappa shape index (κ1) is 20.1. The Labute approximate surface area is 162 Å².